The van der Waals surface area contributed by atoms with Crippen LogP contribution >= 0.6 is 0 Å². The van der Waals surface area contributed by atoms with Crippen LogP contribution in [0.15, 0.2) is 0 Å². The summed E-state index contributed by atoms with van der Waals surface area (Å²) < 4.78 is 0. The summed E-state index contributed by atoms with van der Waals surface area (Å²) in [6, 6.07) is -1.01. The Hall–Kier alpha value is -1.14. The molecule has 16 heavy (non-hydrogen) atoms. The number of nitrogens with two attached hydrogens (primary N) is 1. The maximum Gasteiger partial charge on any atom is 0.326 e. The number of carbonyl (C=O) groups is 2. The molecule has 0 aliphatic carbocycles. The zero-order valence-corrected chi connectivity index (χ0v) is 9.48. The molecule has 0 saturated heterocycles. The van der Waals surface area contributed by atoms with Gasteiger partial charge in [-0.05, 0) is 18.9 Å². The third kappa shape index (κ3) is 6.36. The molecule has 0 aromatic carbocycles. The van der Waals surface area contributed by atoms with Crippen LogP contribution in [0.25, 0.3) is 0 Å². The van der Waals surface area contributed by atoms with Gasteiger partial charge in [-0.2, -0.15) is 0 Å². The second-order valence-corrected chi connectivity index (χ2v) is 3.85. The molecule has 1 unspecified atom stereocenters. The van der Waals surface area contributed by atoms with E-state index in [1.807, 2.05) is 6.92 Å². The van der Waals surface area contributed by atoms with Gasteiger partial charge in [0, 0.05) is 19.4 Å². The molecule has 5 N–H and O–H groups in total. The van der Waals surface area contributed by atoms with Crippen LogP contribution in [0.3, 0.4) is 0 Å². The molecule has 0 radical (unpaired) electrons. The molecule has 6 nitrogen and oxygen atoms in total. The minimum Gasteiger partial charge on any atom is -0.480 e. The molecule has 2 atom stereocenters. The van der Waals surface area contributed by atoms with E-state index in [0.717, 1.165) is 0 Å². The van der Waals surface area contributed by atoms with E-state index < -0.39 is 12.0 Å². The van der Waals surface area contributed by atoms with E-state index in [9.17, 15) is 9.59 Å². The molecule has 0 aliphatic rings. The average Bonchev–Trinajstić information content (AvgIpc) is 2.25. The number of aliphatic hydroxyl groups excluding tert-OH is 1. The number of amides is 1. The molecular weight excluding hydrogens is 212 g/mol. The Morgan fingerprint density at radius 3 is 2.44 bits per heavy atom. The summed E-state index contributed by atoms with van der Waals surface area (Å²) in [5, 5.41) is 19.7. The van der Waals surface area contributed by atoms with E-state index in [0.29, 0.717) is 13.0 Å². The van der Waals surface area contributed by atoms with E-state index in [1.54, 1.807) is 0 Å². The maximum absolute atomic E-state index is 11.4. The van der Waals surface area contributed by atoms with Crippen LogP contribution in [-0.2, 0) is 9.59 Å². The quantitative estimate of drug-likeness (QED) is 0.442. The molecule has 6 heteroatoms. The van der Waals surface area contributed by atoms with Gasteiger partial charge < -0.3 is 21.3 Å². The molecule has 0 aromatic heterocycles. The lowest BCUT2D eigenvalue weighted by atomic mass is 10.1. The number of hydrogen-bond acceptors (Lipinski definition) is 4. The van der Waals surface area contributed by atoms with Crippen molar-refractivity contribution >= 4 is 11.9 Å². The van der Waals surface area contributed by atoms with Crippen molar-refractivity contribution in [2.45, 2.75) is 32.2 Å². The number of aliphatic hydroxyl groups is 1. The maximum atomic E-state index is 11.4. The zero-order valence-electron chi connectivity index (χ0n) is 9.48. The lowest BCUT2D eigenvalue weighted by Gasteiger charge is -2.14. The number of hydrogen-bond donors (Lipinski definition) is 4. The van der Waals surface area contributed by atoms with Crippen molar-refractivity contribution in [2.24, 2.45) is 11.7 Å². The third-order valence-corrected chi connectivity index (χ3v) is 2.32. The number of nitrogens with one attached hydrogen (secondary N) is 1. The summed E-state index contributed by atoms with van der Waals surface area (Å²) in [7, 11) is 0. The van der Waals surface area contributed by atoms with Crippen molar-refractivity contribution in [2.75, 3.05) is 13.2 Å². The minimum atomic E-state index is -1.13. The van der Waals surface area contributed by atoms with Gasteiger partial charge in [-0.1, -0.05) is 6.92 Å². The Bertz CT molecular complexity index is 233. The molecule has 0 fully saturated rings. The monoisotopic (exact) mass is 232 g/mol. The van der Waals surface area contributed by atoms with Gasteiger partial charge in [-0.25, -0.2) is 4.79 Å². The van der Waals surface area contributed by atoms with Gasteiger partial charge in [0.1, 0.15) is 6.04 Å². The van der Waals surface area contributed by atoms with Crippen LogP contribution in [0.1, 0.15) is 26.2 Å². The summed E-state index contributed by atoms with van der Waals surface area (Å²) in [5.41, 5.74) is 5.40. The Balaban J connectivity index is 3.95. The molecule has 0 saturated carbocycles. The molecule has 0 aromatic rings. The van der Waals surface area contributed by atoms with Crippen LogP contribution in [0.5, 0.6) is 0 Å². The Morgan fingerprint density at radius 1 is 1.38 bits per heavy atom. The smallest absolute Gasteiger partial charge is 0.326 e. The van der Waals surface area contributed by atoms with Crippen LogP contribution in [0, 0.1) is 5.92 Å². The van der Waals surface area contributed by atoms with Gasteiger partial charge >= 0.3 is 5.97 Å². The molecular formula is C10H20N2O4. The highest BCUT2D eigenvalue weighted by atomic mass is 16.4. The summed E-state index contributed by atoms with van der Waals surface area (Å²) in [6.07, 6.45) is 0.912. The predicted molar refractivity (Wildman–Crippen MR) is 58.7 cm³/mol. The highest BCUT2D eigenvalue weighted by Gasteiger charge is 2.19. The standard InChI is InChI=1S/C10H20N2O4/c1-7(6-11)2-3-9(14)12-8(4-5-13)10(15)16/h7-8,13H,2-6,11H2,1H3,(H,12,14)(H,15,16)/t7?,8-/m1/s1. The first kappa shape index (κ1) is 14.9. The fourth-order valence-electron chi connectivity index (χ4n) is 1.15. The summed E-state index contributed by atoms with van der Waals surface area (Å²) >= 11 is 0. The van der Waals surface area contributed by atoms with Gasteiger partial charge in [0.25, 0.3) is 0 Å². The SMILES string of the molecule is CC(CN)CCC(=O)N[C@H](CCO)C(=O)O. The molecule has 0 heterocycles. The Labute approximate surface area is 94.8 Å². The summed E-state index contributed by atoms with van der Waals surface area (Å²) in [4.78, 5) is 22.0. The Morgan fingerprint density at radius 2 is 2.00 bits per heavy atom. The van der Waals surface area contributed by atoms with Crippen LogP contribution in [-0.4, -0.2) is 41.3 Å². The molecule has 0 spiro atoms. The number of rotatable bonds is 8. The lowest BCUT2D eigenvalue weighted by Crippen LogP contribution is -2.41. The average molecular weight is 232 g/mol. The van der Waals surface area contributed by atoms with Crippen molar-refractivity contribution < 1.29 is 19.8 Å². The van der Waals surface area contributed by atoms with E-state index in [2.05, 4.69) is 5.32 Å². The molecule has 94 valence electrons. The molecule has 1 amide bonds. The van der Waals surface area contributed by atoms with Crippen molar-refractivity contribution in [1.82, 2.24) is 5.32 Å². The zero-order chi connectivity index (χ0) is 12.6. The normalized spacial score (nSPS) is 14.2. The van der Waals surface area contributed by atoms with Crippen LogP contribution in [0.2, 0.25) is 0 Å². The van der Waals surface area contributed by atoms with Crippen molar-refractivity contribution in [3.8, 4) is 0 Å². The molecule has 0 bridgehead atoms. The lowest BCUT2D eigenvalue weighted by molar-refractivity contribution is -0.142. The first-order chi connectivity index (χ1) is 7.51. The first-order valence-electron chi connectivity index (χ1n) is 5.34. The minimum absolute atomic E-state index is 0.0213. The first-order valence-corrected chi connectivity index (χ1v) is 5.34. The van der Waals surface area contributed by atoms with Crippen molar-refractivity contribution in [1.29, 1.82) is 0 Å². The van der Waals surface area contributed by atoms with Gasteiger partial charge in [0.15, 0.2) is 0 Å². The Kier molecular flexibility index (Phi) is 7.49. The van der Waals surface area contributed by atoms with Crippen molar-refractivity contribution in [3.05, 3.63) is 0 Å². The highest BCUT2D eigenvalue weighted by molar-refractivity contribution is 5.83. The van der Waals surface area contributed by atoms with E-state index in [4.69, 9.17) is 15.9 Å². The summed E-state index contributed by atoms with van der Waals surface area (Å²) in [6.45, 7) is 2.17. The van der Waals surface area contributed by atoms with E-state index in [-0.39, 0.29) is 31.3 Å². The van der Waals surface area contributed by atoms with Crippen LogP contribution < -0.4 is 11.1 Å². The van der Waals surface area contributed by atoms with Crippen molar-refractivity contribution in [3.63, 3.8) is 0 Å². The van der Waals surface area contributed by atoms with Gasteiger partial charge in [-0.3, -0.25) is 4.79 Å². The highest BCUT2D eigenvalue weighted by Crippen LogP contribution is 2.03. The fourth-order valence-corrected chi connectivity index (χ4v) is 1.15. The third-order valence-electron chi connectivity index (χ3n) is 2.32. The van der Waals surface area contributed by atoms with E-state index >= 15 is 0 Å². The number of carbonyl (C=O) groups excluding carboxylic acids is 1. The number of carboxylic acids is 1. The van der Waals surface area contributed by atoms with Gasteiger partial charge in [0.2, 0.25) is 5.91 Å². The van der Waals surface area contributed by atoms with E-state index in [1.165, 1.54) is 0 Å². The predicted octanol–water partition coefficient (Wildman–Crippen LogP) is -0.687. The summed E-state index contributed by atoms with van der Waals surface area (Å²) in [5.74, 6) is -1.21. The molecule has 0 rings (SSSR count). The second kappa shape index (κ2) is 8.06. The van der Waals surface area contributed by atoms with Crippen LogP contribution in [0.4, 0.5) is 0 Å². The molecule has 0 aliphatic heterocycles. The largest absolute Gasteiger partial charge is 0.480 e. The van der Waals surface area contributed by atoms with Gasteiger partial charge in [-0.15, -0.1) is 0 Å². The number of carboxylic acid groups (broad SMARTS) is 1. The second-order valence-electron chi connectivity index (χ2n) is 3.85. The van der Waals surface area contributed by atoms with Gasteiger partial charge in [0.05, 0.1) is 0 Å². The topological polar surface area (TPSA) is 113 Å². The number of aliphatic carboxylic acids is 1. The fraction of sp³-hybridized carbons (Fsp3) is 0.800.